The number of nitrogens with two attached hydrogens (primary N) is 1. The van der Waals surface area contributed by atoms with Crippen LogP contribution in [-0.4, -0.2) is 43.1 Å². The number of H-pyrrole nitrogens is 1. The van der Waals surface area contributed by atoms with Crippen LogP contribution < -0.4 is 5.73 Å². The van der Waals surface area contributed by atoms with E-state index in [0.29, 0.717) is 18.8 Å². The van der Waals surface area contributed by atoms with E-state index >= 15 is 0 Å². The lowest BCUT2D eigenvalue weighted by Gasteiger charge is -2.28. The van der Waals surface area contributed by atoms with Crippen LogP contribution in [0.3, 0.4) is 0 Å². The van der Waals surface area contributed by atoms with Gasteiger partial charge in [-0.15, -0.1) is 0 Å². The van der Waals surface area contributed by atoms with Gasteiger partial charge < -0.3 is 5.73 Å². The third-order valence-corrected chi connectivity index (χ3v) is 4.59. The van der Waals surface area contributed by atoms with Crippen molar-refractivity contribution in [3.63, 3.8) is 0 Å². The van der Waals surface area contributed by atoms with Gasteiger partial charge in [0.2, 0.25) is 10.0 Å². The van der Waals surface area contributed by atoms with Crippen LogP contribution in [0.15, 0.2) is 11.1 Å². The van der Waals surface area contributed by atoms with Gasteiger partial charge in [0.1, 0.15) is 4.90 Å². The van der Waals surface area contributed by atoms with E-state index in [1.54, 1.807) is 14.0 Å². The zero-order chi connectivity index (χ0) is 13.3. The van der Waals surface area contributed by atoms with Gasteiger partial charge >= 0.3 is 0 Å². The van der Waals surface area contributed by atoms with E-state index in [-0.39, 0.29) is 10.3 Å². The number of nitrogens with one attached hydrogen (secondary N) is 1. The maximum atomic E-state index is 12.2. The SMILES string of the molecule is Cc1[nH]ncc1S(=O)(=O)N(C)CC(C)(C)CN. The molecule has 0 atom stereocenters. The van der Waals surface area contributed by atoms with Crippen LogP contribution in [0.4, 0.5) is 0 Å². The zero-order valence-electron chi connectivity index (χ0n) is 10.7. The van der Waals surface area contributed by atoms with Gasteiger partial charge in [0.15, 0.2) is 0 Å². The number of aryl methyl sites for hydroxylation is 1. The van der Waals surface area contributed by atoms with Gasteiger partial charge in [-0.2, -0.15) is 5.10 Å². The molecule has 0 saturated heterocycles. The predicted octanol–water partition coefficient (Wildman–Crippen LogP) is 0.324. The molecule has 3 N–H and O–H groups in total. The molecular formula is C10H20N4O2S. The maximum absolute atomic E-state index is 12.2. The summed E-state index contributed by atoms with van der Waals surface area (Å²) in [7, 11) is -1.93. The van der Waals surface area contributed by atoms with Gasteiger partial charge in [0.05, 0.1) is 11.9 Å². The lowest BCUT2D eigenvalue weighted by Crippen LogP contribution is -2.39. The van der Waals surface area contributed by atoms with E-state index < -0.39 is 10.0 Å². The molecule has 98 valence electrons. The van der Waals surface area contributed by atoms with Gasteiger partial charge in [0, 0.05) is 13.6 Å². The van der Waals surface area contributed by atoms with E-state index in [0.717, 1.165) is 0 Å². The molecule has 0 spiro atoms. The Kier molecular flexibility index (Phi) is 3.95. The Morgan fingerprint density at radius 1 is 1.53 bits per heavy atom. The van der Waals surface area contributed by atoms with Crippen molar-refractivity contribution >= 4 is 10.0 Å². The highest BCUT2D eigenvalue weighted by Gasteiger charge is 2.28. The Balaban J connectivity index is 2.97. The summed E-state index contributed by atoms with van der Waals surface area (Å²) < 4.78 is 25.8. The molecule has 1 rings (SSSR count). The summed E-state index contributed by atoms with van der Waals surface area (Å²) in [6.45, 7) is 6.35. The van der Waals surface area contributed by atoms with Gasteiger partial charge in [-0.1, -0.05) is 13.8 Å². The number of aromatic nitrogens is 2. The molecule has 0 bridgehead atoms. The van der Waals surface area contributed by atoms with E-state index in [9.17, 15) is 8.42 Å². The molecule has 0 radical (unpaired) electrons. The normalized spacial score (nSPS) is 13.3. The molecule has 0 aromatic carbocycles. The van der Waals surface area contributed by atoms with Crippen LogP contribution in [0.2, 0.25) is 0 Å². The number of aromatic amines is 1. The Bertz CT molecular complexity index is 478. The smallest absolute Gasteiger partial charge is 0.246 e. The first kappa shape index (κ1) is 14.1. The van der Waals surface area contributed by atoms with Crippen molar-refractivity contribution in [2.24, 2.45) is 11.1 Å². The second-order valence-corrected chi connectivity index (χ2v) is 7.00. The van der Waals surface area contributed by atoms with Crippen molar-refractivity contribution in [2.45, 2.75) is 25.7 Å². The molecule has 1 aromatic rings. The summed E-state index contributed by atoms with van der Waals surface area (Å²) in [4.78, 5) is 0.216. The van der Waals surface area contributed by atoms with Crippen molar-refractivity contribution in [2.75, 3.05) is 20.1 Å². The third-order valence-electron chi connectivity index (χ3n) is 2.68. The summed E-state index contributed by atoms with van der Waals surface area (Å²) in [5.74, 6) is 0. The van der Waals surface area contributed by atoms with Gasteiger partial charge in [-0.25, -0.2) is 12.7 Å². The van der Waals surface area contributed by atoms with Crippen molar-refractivity contribution in [1.29, 1.82) is 0 Å². The summed E-state index contributed by atoms with van der Waals surface area (Å²) in [5, 5.41) is 6.36. The fourth-order valence-corrected chi connectivity index (χ4v) is 2.99. The number of rotatable bonds is 5. The van der Waals surface area contributed by atoms with Crippen molar-refractivity contribution < 1.29 is 8.42 Å². The average Bonchev–Trinajstić information content (AvgIpc) is 2.64. The first-order chi connectivity index (χ1) is 7.70. The van der Waals surface area contributed by atoms with Crippen molar-refractivity contribution in [3.8, 4) is 0 Å². The first-order valence-electron chi connectivity index (χ1n) is 5.37. The predicted molar refractivity (Wildman–Crippen MR) is 66.0 cm³/mol. The fraction of sp³-hybridized carbons (Fsp3) is 0.700. The molecule has 7 heteroatoms. The van der Waals surface area contributed by atoms with Crippen LogP contribution >= 0.6 is 0 Å². The van der Waals surface area contributed by atoms with E-state index in [1.807, 2.05) is 13.8 Å². The largest absolute Gasteiger partial charge is 0.330 e. The topological polar surface area (TPSA) is 92.1 Å². The fourth-order valence-electron chi connectivity index (χ4n) is 1.52. The first-order valence-corrected chi connectivity index (χ1v) is 6.81. The number of hydrogen-bond acceptors (Lipinski definition) is 4. The highest BCUT2D eigenvalue weighted by atomic mass is 32.2. The summed E-state index contributed by atoms with van der Waals surface area (Å²) in [6.07, 6.45) is 1.33. The van der Waals surface area contributed by atoms with E-state index in [1.165, 1.54) is 10.5 Å². The molecular weight excluding hydrogens is 240 g/mol. The van der Waals surface area contributed by atoms with Crippen LogP contribution in [0.1, 0.15) is 19.5 Å². The minimum atomic E-state index is -3.49. The van der Waals surface area contributed by atoms with E-state index in [2.05, 4.69) is 10.2 Å². The molecule has 0 unspecified atom stereocenters. The lowest BCUT2D eigenvalue weighted by molar-refractivity contribution is 0.292. The quantitative estimate of drug-likeness (QED) is 0.797. The second-order valence-electron chi connectivity index (χ2n) is 4.99. The number of sulfonamides is 1. The highest BCUT2D eigenvalue weighted by Crippen LogP contribution is 2.21. The summed E-state index contributed by atoms with van der Waals surface area (Å²) >= 11 is 0. The van der Waals surface area contributed by atoms with Gasteiger partial charge in [0.25, 0.3) is 0 Å². The summed E-state index contributed by atoms with van der Waals surface area (Å²) in [5.41, 5.74) is 5.90. The maximum Gasteiger partial charge on any atom is 0.246 e. The van der Waals surface area contributed by atoms with Gasteiger partial charge in [-0.3, -0.25) is 5.10 Å². The van der Waals surface area contributed by atoms with Crippen LogP contribution in [0.5, 0.6) is 0 Å². The average molecular weight is 260 g/mol. The van der Waals surface area contributed by atoms with Crippen LogP contribution in [0, 0.1) is 12.3 Å². The monoisotopic (exact) mass is 260 g/mol. The molecule has 17 heavy (non-hydrogen) atoms. The standard InChI is InChI=1S/C10H20N4O2S/c1-8-9(5-12-13-8)17(15,16)14(4)7-10(2,3)6-11/h5H,6-7,11H2,1-4H3,(H,12,13). The number of hydrogen-bond donors (Lipinski definition) is 2. The molecule has 0 aliphatic rings. The molecule has 1 aromatic heterocycles. The Labute approximate surface area is 102 Å². The molecule has 0 aliphatic carbocycles. The minimum Gasteiger partial charge on any atom is -0.330 e. The Morgan fingerprint density at radius 3 is 2.53 bits per heavy atom. The van der Waals surface area contributed by atoms with Crippen LogP contribution in [0.25, 0.3) is 0 Å². The van der Waals surface area contributed by atoms with E-state index in [4.69, 9.17) is 5.73 Å². The minimum absolute atomic E-state index is 0.216. The molecule has 1 heterocycles. The molecule has 0 saturated carbocycles. The second kappa shape index (κ2) is 4.75. The van der Waals surface area contributed by atoms with Crippen molar-refractivity contribution in [1.82, 2.24) is 14.5 Å². The molecule has 0 fully saturated rings. The van der Waals surface area contributed by atoms with Crippen molar-refractivity contribution in [3.05, 3.63) is 11.9 Å². The summed E-state index contributed by atoms with van der Waals surface area (Å²) in [6, 6.07) is 0. The lowest BCUT2D eigenvalue weighted by atomic mass is 9.94. The van der Waals surface area contributed by atoms with Gasteiger partial charge in [-0.05, 0) is 18.9 Å². The molecule has 6 nitrogen and oxygen atoms in total. The highest BCUT2D eigenvalue weighted by molar-refractivity contribution is 7.89. The third kappa shape index (κ3) is 3.05. The Hall–Kier alpha value is -0.920. The molecule has 0 aliphatic heterocycles. The Morgan fingerprint density at radius 2 is 2.12 bits per heavy atom. The molecule has 0 amide bonds. The zero-order valence-corrected chi connectivity index (χ0v) is 11.5. The van der Waals surface area contributed by atoms with Crippen LogP contribution in [-0.2, 0) is 10.0 Å². The number of nitrogens with zero attached hydrogens (tertiary/aromatic N) is 2.